The molecule has 1 fully saturated rings. The van der Waals surface area contributed by atoms with E-state index in [-0.39, 0.29) is 17.0 Å². The molecule has 9 nitrogen and oxygen atoms in total. The van der Waals surface area contributed by atoms with Gasteiger partial charge >= 0.3 is 0 Å². The van der Waals surface area contributed by atoms with Crippen molar-refractivity contribution in [1.82, 2.24) is 25.3 Å². The van der Waals surface area contributed by atoms with Crippen LogP contribution in [0, 0.1) is 0 Å². The van der Waals surface area contributed by atoms with E-state index in [0.29, 0.717) is 28.0 Å². The van der Waals surface area contributed by atoms with Crippen LogP contribution in [0.1, 0.15) is 60.8 Å². The molecular formula is C31H31N5O4. The second-order valence-electron chi connectivity index (χ2n) is 10.5. The largest absolute Gasteiger partial charge is 0.384 e. The zero-order valence-corrected chi connectivity index (χ0v) is 22.5. The number of hydrogen-bond acceptors (Lipinski definition) is 7. The number of aliphatic hydroxyl groups is 1. The number of rotatable bonds is 8. The van der Waals surface area contributed by atoms with Gasteiger partial charge in [-0.3, -0.25) is 25.3 Å². The summed E-state index contributed by atoms with van der Waals surface area (Å²) in [5.74, 6) is -0.393. The minimum atomic E-state index is -1.04. The number of carbonyl (C=O) groups is 1. The van der Waals surface area contributed by atoms with Crippen molar-refractivity contribution in [3.8, 4) is 5.69 Å². The van der Waals surface area contributed by atoms with E-state index in [4.69, 9.17) is 0 Å². The molecule has 1 aliphatic rings. The minimum absolute atomic E-state index is 0.0586. The molecule has 0 bridgehead atoms. The number of nitrogens with one attached hydrogen (secondary N) is 2. The number of carbonyl (C=O) groups excluding carboxylic acids is 1. The lowest BCUT2D eigenvalue weighted by atomic mass is 9.99. The van der Waals surface area contributed by atoms with Crippen molar-refractivity contribution < 1.29 is 15.1 Å². The molecule has 1 aromatic carbocycles. The van der Waals surface area contributed by atoms with Crippen LogP contribution < -0.4 is 16.2 Å². The lowest BCUT2D eigenvalue weighted by molar-refractivity contribution is 0.0738. The summed E-state index contributed by atoms with van der Waals surface area (Å²) in [7, 11) is 0. The van der Waals surface area contributed by atoms with E-state index in [0.717, 1.165) is 29.5 Å². The van der Waals surface area contributed by atoms with Crippen LogP contribution >= 0.6 is 0 Å². The molecule has 0 unspecified atom stereocenters. The van der Waals surface area contributed by atoms with Crippen molar-refractivity contribution in [2.75, 3.05) is 0 Å². The summed E-state index contributed by atoms with van der Waals surface area (Å²) in [5.41, 5.74) is 5.67. The van der Waals surface area contributed by atoms with E-state index in [9.17, 15) is 19.9 Å². The fraction of sp³-hybridized carbons (Fsp3) is 0.226. The fourth-order valence-electron chi connectivity index (χ4n) is 4.43. The Hall–Kier alpha value is -4.60. The standard InChI is InChI=1S/C31H31N5O4/c1-19(21-9-12-27(33-16-21)31(2,3)39)14-22(17-34-40)20-6-4-7-24(15-20)36-18-26(30(38)35-23-10-11-23)28(37)25-8-5-13-32-29(25)36/h4-9,12-18,23,34,39-40H,10-11H2,1-3H3,(H,35,38)/b19-14+,22-17+. The molecule has 0 atom stereocenters. The van der Waals surface area contributed by atoms with E-state index in [1.54, 1.807) is 55.2 Å². The molecule has 40 heavy (non-hydrogen) atoms. The Bertz CT molecular complexity index is 1690. The third-order valence-corrected chi connectivity index (χ3v) is 6.81. The summed E-state index contributed by atoms with van der Waals surface area (Å²) in [5, 5.41) is 23.0. The number of amides is 1. The van der Waals surface area contributed by atoms with Crippen molar-refractivity contribution in [2.45, 2.75) is 45.3 Å². The van der Waals surface area contributed by atoms with Crippen molar-refractivity contribution >= 4 is 28.1 Å². The third kappa shape index (κ3) is 5.70. The first-order valence-corrected chi connectivity index (χ1v) is 13.0. The molecule has 4 N–H and O–H groups in total. The van der Waals surface area contributed by atoms with E-state index >= 15 is 0 Å². The lowest BCUT2D eigenvalue weighted by Crippen LogP contribution is -2.31. The Morgan fingerprint density at radius 3 is 2.58 bits per heavy atom. The highest BCUT2D eigenvalue weighted by Gasteiger charge is 2.26. The van der Waals surface area contributed by atoms with E-state index in [1.807, 2.05) is 43.3 Å². The van der Waals surface area contributed by atoms with Gasteiger partial charge < -0.3 is 15.0 Å². The number of fused-ring (bicyclic) bond motifs is 1. The number of allylic oxidation sites excluding steroid dienone is 3. The van der Waals surface area contributed by atoms with Gasteiger partial charge in [-0.1, -0.05) is 18.2 Å². The van der Waals surface area contributed by atoms with Crippen LogP contribution in [-0.2, 0) is 5.60 Å². The highest BCUT2D eigenvalue weighted by molar-refractivity contribution is 5.97. The van der Waals surface area contributed by atoms with Gasteiger partial charge in [0.1, 0.15) is 16.8 Å². The fourth-order valence-corrected chi connectivity index (χ4v) is 4.43. The molecule has 9 heteroatoms. The number of aromatic nitrogens is 3. The number of hydroxylamine groups is 1. The molecule has 204 valence electrons. The van der Waals surface area contributed by atoms with Gasteiger partial charge in [0.25, 0.3) is 5.91 Å². The number of hydrogen-bond donors (Lipinski definition) is 4. The smallest absolute Gasteiger partial charge is 0.257 e. The number of pyridine rings is 3. The number of benzene rings is 1. The normalized spacial score (nSPS) is 14.3. The van der Waals surface area contributed by atoms with Crippen LogP contribution in [0.3, 0.4) is 0 Å². The molecule has 5 rings (SSSR count). The van der Waals surface area contributed by atoms with E-state index < -0.39 is 11.5 Å². The topological polar surface area (TPSA) is 129 Å². The lowest BCUT2D eigenvalue weighted by Gasteiger charge is -2.16. The van der Waals surface area contributed by atoms with Crippen LogP contribution in [0.5, 0.6) is 0 Å². The molecule has 1 saturated carbocycles. The van der Waals surface area contributed by atoms with Crippen LogP contribution in [0.4, 0.5) is 0 Å². The second kappa shape index (κ2) is 10.9. The first-order chi connectivity index (χ1) is 19.2. The average Bonchev–Trinajstić information content (AvgIpc) is 3.76. The van der Waals surface area contributed by atoms with Gasteiger partial charge in [-0.15, -0.1) is 0 Å². The van der Waals surface area contributed by atoms with Crippen molar-refractivity contribution in [3.05, 3.63) is 112 Å². The number of nitrogens with zero attached hydrogens (tertiary/aromatic N) is 3. The molecule has 0 aliphatic heterocycles. The summed E-state index contributed by atoms with van der Waals surface area (Å²) >= 11 is 0. The molecule has 3 heterocycles. The SMILES string of the molecule is C/C(=C\C(=C/NO)c1cccc(-n2cc(C(=O)NC3CC3)c(=O)c3cccnc32)c1)c1ccc(C(C)(C)O)nc1. The van der Waals surface area contributed by atoms with Gasteiger partial charge in [0, 0.05) is 42.1 Å². The maximum absolute atomic E-state index is 13.2. The van der Waals surface area contributed by atoms with Gasteiger partial charge in [-0.2, -0.15) is 0 Å². The van der Waals surface area contributed by atoms with Crippen molar-refractivity contribution in [3.63, 3.8) is 0 Å². The highest BCUT2D eigenvalue weighted by atomic mass is 16.5. The van der Waals surface area contributed by atoms with Gasteiger partial charge in [-0.25, -0.2) is 4.98 Å². The van der Waals surface area contributed by atoms with Gasteiger partial charge in [0.15, 0.2) is 0 Å². The maximum atomic E-state index is 13.2. The van der Waals surface area contributed by atoms with Crippen LogP contribution in [-0.4, -0.2) is 36.8 Å². The molecule has 0 saturated heterocycles. The molecule has 0 spiro atoms. The third-order valence-electron chi connectivity index (χ3n) is 6.81. The Morgan fingerprint density at radius 1 is 1.10 bits per heavy atom. The Kier molecular flexibility index (Phi) is 7.34. The van der Waals surface area contributed by atoms with Crippen LogP contribution in [0.2, 0.25) is 0 Å². The summed E-state index contributed by atoms with van der Waals surface area (Å²) in [4.78, 5) is 34.9. The highest BCUT2D eigenvalue weighted by Crippen LogP contribution is 2.26. The predicted octanol–water partition coefficient (Wildman–Crippen LogP) is 4.32. The predicted molar refractivity (Wildman–Crippen MR) is 154 cm³/mol. The summed E-state index contributed by atoms with van der Waals surface area (Å²) < 4.78 is 1.74. The molecule has 4 aromatic rings. The molecular weight excluding hydrogens is 506 g/mol. The zero-order chi connectivity index (χ0) is 28.4. The summed E-state index contributed by atoms with van der Waals surface area (Å²) in [6.07, 6.45) is 10.0. The monoisotopic (exact) mass is 537 g/mol. The average molecular weight is 538 g/mol. The Labute approximate surface area is 231 Å². The summed E-state index contributed by atoms with van der Waals surface area (Å²) in [6.45, 7) is 5.30. The Morgan fingerprint density at radius 2 is 1.90 bits per heavy atom. The molecule has 1 aliphatic carbocycles. The van der Waals surface area contributed by atoms with Crippen LogP contribution in [0.25, 0.3) is 27.9 Å². The van der Waals surface area contributed by atoms with Crippen molar-refractivity contribution in [1.29, 1.82) is 0 Å². The second-order valence-corrected chi connectivity index (χ2v) is 10.5. The first-order valence-electron chi connectivity index (χ1n) is 13.0. The zero-order valence-electron chi connectivity index (χ0n) is 22.5. The van der Waals surface area contributed by atoms with E-state index in [2.05, 4.69) is 20.8 Å². The van der Waals surface area contributed by atoms with Gasteiger partial charge in [-0.05, 0) is 86.7 Å². The van der Waals surface area contributed by atoms with Gasteiger partial charge in [0.05, 0.1) is 11.1 Å². The van der Waals surface area contributed by atoms with Crippen molar-refractivity contribution in [2.24, 2.45) is 0 Å². The first kappa shape index (κ1) is 27.0. The molecule has 1 amide bonds. The molecule has 3 aromatic heterocycles. The molecule has 0 radical (unpaired) electrons. The van der Waals surface area contributed by atoms with Gasteiger partial charge in [0.2, 0.25) is 5.43 Å². The maximum Gasteiger partial charge on any atom is 0.257 e. The van der Waals surface area contributed by atoms with E-state index in [1.165, 1.54) is 6.20 Å². The van der Waals surface area contributed by atoms with Crippen LogP contribution in [0.15, 0.2) is 84.2 Å². The minimum Gasteiger partial charge on any atom is -0.384 e. The Balaban J connectivity index is 1.55. The summed E-state index contributed by atoms with van der Waals surface area (Å²) in [6, 6.07) is 14.6. The quantitative estimate of drug-likeness (QED) is 0.195.